The second-order valence-corrected chi connectivity index (χ2v) is 6.82. The second kappa shape index (κ2) is 12.8. The van der Waals surface area contributed by atoms with Crippen molar-refractivity contribution in [2.45, 2.75) is 53.0 Å². The van der Waals surface area contributed by atoms with Crippen LogP contribution in [0.1, 0.15) is 57.7 Å². The Kier molecular flexibility index (Phi) is 11.6. The molecule has 1 aromatic carbocycles. The maximum atomic E-state index is 9.40. The van der Waals surface area contributed by atoms with Crippen molar-refractivity contribution in [2.24, 2.45) is 5.92 Å². The zero-order chi connectivity index (χ0) is 21.0. The fourth-order valence-electron chi connectivity index (χ4n) is 1.95. The molecule has 1 heterocycles. The van der Waals surface area contributed by atoms with Crippen molar-refractivity contribution >= 4 is 17.6 Å². The molecule has 0 spiro atoms. The molecule has 27 heavy (non-hydrogen) atoms. The topological polar surface area (TPSA) is 86.5 Å². The van der Waals surface area contributed by atoms with Gasteiger partial charge in [-0.3, -0.25) is 0 Å². The molecule has 0 unspecified atom stereocenters. The van der Waals surface area contributed by atoms with Gasteiger partial charge < -0.3 is 5.73 Å². The lowest BCUT2D eigenvalue weighted by atomic mass is 9.96. The average molecular weight is 383 g/mol. The summed E-state index contributed by atoms with van der Waals surface area (Å²) >= 11 is 1.34. The van der Waals surface area contributed by atoms with Gasteiger partial charge in [-0.25, -0.2) is 4.98 Å². The minimum atomic E-state index is 0.159. The SMILES string of the molecule is CC.CCC(C)C.CSc1nc(N)c(C#N)c(-c2ccc(C)cc2)c1C#N. The van der Waals surface area contributed by atoms with E-state index in [4.69, 9.17) is 5.73 Å². The number of benzene rings is 1. The van der Waals surface area contributed by atoms with Crippen molar-refractivity contribution < 1.29 is 0 Å². The molecule has 0 atom stereocenters. The van der Waals surface area contributed by atoms with Crippen molar-refractivity contribution in [3.8, 4) is 23.3 Å². The van der Waals surface area contributed by atoms with Crippen LogP contribution in [0.25, 0.3) is 11.1 Å². The first-order chi connectivity index (χ1) is 12.9. The largest absolute Gasteiger partial charge is 0.383 e. The van der Waals surface area contributed by atoms with Gasteiger partial charge in [-0.05, 0) is 24.7 Å². The molecule has 2 aromatic rings. The zero-order valence-electron chi connectivity index (χ0n) is 17.4. The average Bonchev–Trinajstić information content (AvgIpc) is 2.69. The van der Waals surface area contributed by atoms with Crippen molar-refractivity contribution in [1.29, 1.82) is 10.5 Å². The van der Waals surface area contributed by atoms with Crippen molar-refractivity contribution in [3.63, 3.8) is 0 Å². The Hall–Kier alpha value is -2.50. The molecule has 0 radical (unpaired) electrons. The van der Waals surface area contributed by atoms with Gasteiger partial charge in [0.15, 0.2) is 0 Å². The van der Waals surface area contributed by atoms with Crippen LogP contribution in [0, 0.1) is 35.5 Å². The van der Waals surface area contributed by atoms with Crippen molar-refractivity contribution in [3.05, 3.63) is 41.0 Å². The van der Waals surface area contributed by atoms with Crippen molar-refractivity contribution in [1.82, 2.24) is 4.98 Å². The zero-order valence-corrected chi connectivity index (χ0v) is 18.2. The summed E-state index contributed by atoms with van der Waals surface area (Å²) in [5, 5.41) is 19.3. The van der Waals surface area contributed by atoms with Gasteiger partial charge >= 0.3 is 0 Å². The Balaban J connectivity index is 0.000000838. The van der Waals surface area contributed by atoms with E-state index in [1.54, 1.807) is 0 Å². The number of rotatable bonds is 3. The minimum Gasteiger partial charge on any atom is -0.383 e. The summed E-state index contributed by atoms with van der Waals surface area (Å²) in [5.41, 5.74) is 8.96. The van der Waals surface area contributed by atoms with Gasteiger partial charge in [0.2, 0.25) is 0 Å². The predicted molar refractivity (Wildman–Crippen MR) is 117 cm³/mol. The molecule has 0 saturated heterocycles. The molecule has 4 nitrogen and oxygen atoms in total. The molecule has 2 rings (SSSR count). The standard InChI is InChI=1S/C15H12N4S.C5H12.C2H6/c1-9-3-5-10(6-4-9)13-11(7-16)14(18)19-15(20-2)12(13)8-17;1-4-5(2)3;1-2/h3-6H,1-2H3,(H2,18,19);5H,4H2,1-3H3;1-2H3. The van der Waals surface area contributed by atoms with Crippen LogP contribution < -0.4 is 5.73 Å². The highest BCUT2D eigenvalue weighted by molar-refractivity contribution is 7.98. The Labute approximate surface area is 168 Å². The lowest BCUT2D eigenvalue weighted by Gasteiger charge is -2.12. The summed E-state index contributed by atoms with van der Waals surface area (Å²) < 4.78 is 0. The Bertz CT molecular complexity index is 797. The monoisotopic (exact) mass is 382 g/mol. The summed E-state index contributed by atoms with van der Waals surface area (Å²) in [7, 11) is 0. The van der Waals surface area contributed by atoms with E-state index in [2.05, 4.69) is 37.9 Å². The molecule has 0 aliphatic heterocycles. The molecule has 2 N–H and O–H groups in total. The third-order valence-electron chi connectivity index (χ3n) is 3.77. The summed E-state index contributed by atoms with van der Waals surface area (Å²) in [4.78, 5) is 4.13. The first kappa shape index (κ1) is 24.5. The Morgan fingerprint density at radius 3 is 1.93 bits per heavy atom. The predicted octanol–water partition coefficient (Wildman–Crippen LogP) is 6.18. The van der Waals surface area contributed by atoms with E-state index in [9.17, 15) is 10.5 Å². The number of aryl methyl sites for hydroxylation is 1. The first-order valence-corrected chi connectivity index (χ1v) is 10.4. The number of pyridine rings is 1. The van der Waals surface area contributed by atoms with Gasteiger partial charge in [0.25, 0.3) is 0 Å². The van der Waals surface area contributed by atoms with Crippen LogP contribution in [-0.4, -0.2) is 11.2 Å². The number of hydrogen-bond donors (Lipinski definition) is 1. The summed E-state index contributed by atoms with van der Waals surface area (Å²) in [6.45, 7) is 12.6. The highest BCUT2D eigenvalue weighted by atomic mass is 32.2. The summed E-state index contributed by atoms with van der Waals surface area (Å²) in [6.07, 6.45) is 3.13. The molecule has 0 fully saturated rings. The highest BCUT2D eigenvalue weighted by Crippen LogP contribution is 2.34. The number of nitrogen functional groups attached to an aromatic ring is 1. The van der Waals surface area contributed by atoms with E-state index >= 15 is 0 Å². The Morgan fingerprint density at radius 1 is 1.07 bits per heavy atom. The lowest BCUT2D eigenvalue weighted by molar-refractivity contribution is 0.626. The fourth-order valence-corrected chi connectivity index (χ4v) is 2.50. The van der Waals surface area contributed by atoms with E-state index in [0.717, 1.165) is 17.0 Å². The first-order valence-electron chi connectivity index (χ1n) is 9.14. The molecule has 1 aromatic heterocycles. The fraction of sp³-hybridized carbons (Fsp3) is 0.409. The number of hydrogen-bond acceptors (Lipinski definition) is 5. The molecule has 0 bridgehead atoms. The van der Waals surface area contributed by atoms with E-state index in [0.29, 0.717) is 16.2 Å². The van der Waals surface area contributed by atoms with Crippen LogP contribution in [0.4, 0.5) is 5.82 Å². The van der Waals surface area contributed by atoms with Crippen LogP contribution in [0.2, 0.25) is 0 Å². The third-order valence-corrected chi connectivity index (χ3v) is 4.45. The Morgan fingerprint density at radius 2 is 1.56 bits per heavy atom. The quantitative estimate of drug-likeness (QED) is 0.640. The number of anilines is 1. The van der Waals surface area contributed by atoms with E-state index in [-0.39, 0.29) is 11.4 Å². The third kappa shape index (κ3) is 6.96. The maximum Gasteiger partial charge on any atom is 0.143 e. The van der Waals surface area contributed by atoms with E-state index in [1.165, 1.54) is 18.2 Å². The second-order valence-electron chi connectivity index (χ2n) is 6.02. The molecular formula is C22H30N4S. The molecule has 5 heteroatoms. The highest BCUT2D eigenvalue weighted by Gasteiger charge is 2.19. The van der Waals surface area contributed by atoms with Gasteiger partial charge in [-0.1, -0.05) is 70.9 Å². The summed E-state index contributed by atoms with van der Waals surface area (Å²) in [6, 6.07) is 11.8. The number of nitrogens with two attached hydrogens (primary N) is 1. The van der Waals surface area contributed by atoms with Gasteiger partial charge in [0.1, 0.15) is 28.5 Å². The van der Waals surface area contributed by atoms with Gasteiger partial charge in [-0.15, -0.1) is 11.8 Å². The number of aromatic nitrogens is 1. The normalized spacial score (nSPS) is 9.26. The van der Waals surface area contributed by atoms with E-state index in [1.807, 2.05) is 51.3 Å². The van der Waals surface area contributed by atoms with Gasteiger partial charge in [-0.2, -0.15) is 10.5 Å². The van der Waals surface area contributed by atoms with Crippen LogP contribution in [-0.2, 0) is 0 Å². The number of thioether (sulfide) groups is 1. The maximum absolute atomic E-state index is 9.40. The molecule has 144 valence electrons. The van der Waals surface area contributed by atoms with Crippen LogP contribution >= 0.6 is 11.8 Å². The number of nitrogens with zero attached hydrogens (tertiary/aromatic N) is 3. The van der Waals surface area contributed by atoms with Gasteiger partial charge in [0.05, 0.1) is 5.56 Å². The molecule has 0 amide bonds. The van der Waals surface area contributed by atoms with Crippen LogP contribution in [0.15, 0.2) is 29.3 Å². The molecular weight excluding hydrogens is 352 g/mol. The number of nitriles is 2. The van der Waals surface area contributed by atoms with Crippen LogP contribution in [0.5, 0.6) is 0 Å². The van der Waals surface area contributed by atoms with Gasteiger partial charge in [0, 0.05) is 5.56 Å². The minimum absolute atomic E-state index is 0.159. The van der Waals surface area contributed by atoms with Crippen LogP contribution in [0.3, 0.4) is 0 Å². The van der Waals surface area contributed by atoms with Crippen molar-refractivity contribution in [2.75, 3.05) is 12.0 Å². The molecule has 0 aliphatic rings. The smallest absolute Gasteiger partial charge is 0.143 e. The van der Waals surface area contributed by atoms with E-state index < -0.39 is 0 Å². The molecule has 0 aliphatic carbocycles. The summed E-state index contributed by atoms with van der Waals surface area (Å²) in [5.74, 6) is 1.04. The molecule has 0 saturated carbocycles. The lowest BCUT2D eigenvalue weighted by Crippen LogP contribution is -2.03.